The van der Waals surface area contributed by atoms with Gasteiger partial charge in [0.05, 0.1) is 0 Å². The molecule has 1 aromatic rings. The standard InChI is InChI=1S/C16H30N4/c1-12(2)9-14(11-17)10-16-19-18-13(3)20(16)15-7-5-4-6-8-15/h12,14-15H,4-11,17H2,1-3H3. The van der Waals surface area contributed by atoms with Gasteiger partial charge < -0.3 is 10.3 Å². The van der Waals surface area contributed by atoms with Gasteiger partial charge in [0.25, 0.3) is 0 Å². The molecule has 0 radical (unpaired) electrons. The van der Waals surface area contributed by atoms with Crippen LogP contribution in [0, 0.1) is 18.8 Å². The number of hydrogen-bond donors (Lipinski definition) is 1. The maximum absolute atomic E-state index is 5.95. The Bertz CT molecular complexity index is 405. The second-order valence-corrected chi connectivity index (χ2v) is 6.76. The number of aryl methyl sites for hydroxylation is 1. The van der Waals surface area contributed by atoms with Crippen molar-refractivity contribution >= 4 is 0 Å². The Balaban J connectivity index is 2.11. The third-order valence-corrected chi connectivity index (χ3v) is 4.49. The van der Waals surface area contributed by atoms with Crippen molar-refractivity contribution in [3.05, 3.63) is 11.6 Å². The van der Waals surface area contributed by atoms with Crippen LogP contribution in [0.4, 0.5) is 0 Å². The summed E-state index contributed by atoms with van der Waals surface area (Å²) in [4.78, 5) is 0. The number of nitrogens with two attached hydrogens (primary N) is 1. The SMILES string of the molecule is Cc1nnc(CC(CN)CC(C)C)n1C1CCCCC1. The molecule has 2 rings (SSSR count). The predicted octanol–water partition coefficient (Wildman–Crippen LogP) is 3.26. The van der Waals surface area contributed by atoms with Crippen LogP contribution in [0.3, 0.4) is 0 Å². The largest absolute Gasteiger partial charge is 0.330 e. The smallest absolute Gasteiger partial charge is 0.133 e. The van der Waals surface area contributed by atoms with Crippen LogP contribution in [-0.2, 0) is 6.42 Å². The Morgan fingerprint density at radius 2 is 1.90 bits per heavy atom. The molecule has 0 amide bonds. The highest BCUT2D eigenvalue weighted by molar-refractivity contribution is 4.99. The van der Waals surface area contributed by atoms with Crippen LogP contribution in [0.1, 0.15) is 70.1 Å². The lowest BCUT2D eigenvalue weighted by Gasteiger charge is -2.26. The first kappa shape index (κ1) is 15.5. The topological polar surface area (TPSA) is 56.7 Å². The first-order valence-electron chi connectivity index (χ1n) is 8.22. The molecule has 2 N–H and O–H groups in total. The first-order valence-corrected chi connectivity index (χ1v) is 8.22. The summed E-state index contributed by atoms with van der Waals surface area (Å²) in [6, 6.07) is 0.617. The minimum Gasteiger partial charge on any atom is -0.330 e. The summed E-state index contributed by atoms with van der Waals surface area (Å²) < 4.78 is 2.40. The van der Waals surface area contributed by atoms with E-state index in [1.807, 2.05) is 0 Å². The van der Waals surface area contributed by atoms with E-state index in [0.29, 0.717) is 17.9 Å². The minimum absolute atomic E-state index is 0.529. The molecule has 4 heteroatoms. The van der Waals surface area contributed by atoms with E-state index in [1.165, 1.54) is 38.5 Å². The quantitative estimate of drug-likeness (QED) is 0.869. The fourth-order valence-corrected chi connectivity index (χ4v) is 3.55. The summed E-state index contributed by atoms with van der Waals surface area (Å²) in [7, 11) is 0. The molecule has 0 bridgehead atoms. The van der Waals surface area contributed by atoms with E-state index in [4.69, 9.17) is 5.73 Å². The van der Waals surface area contributed by atoms with E-state index in [9.17, 15) is 0 Å². The Labute approximate surface area is 123 Å². The Kier molecular flexibility index (Phi) is 5.58. The maximum Gasteiger partial charge on any atom is 0.133 e. The van der Waals surface area contributed by atoms with Crippen LogP contribution >= 0.6 is 0 Å². The number of rotatable bonds is 6. The number of hydrogen-bond acceptors (Lipinski definition) is 3. The van der Waals surface area contributed by atoms with Crippen LogP contribution in [0.5, 0.6) is 0 Å². The average Bonchev–Trinajstić information content (AvgIpc) is 2.79. The zero-order chi connectivity index (χ0) is 14.5. The molecule has 0 aromatic carbocycles. The van der Waals surface area contributed by atoms with Gasteiger partial charge in [0.1, 0.15) is 11.6 Å². The van der Waals surface area contributed by atoms with Crippen molar-refractivity contribution in [2.75, 3.05) is 6.54 Å². The van der Waals surface area contributed by atoms with Gasteiger partial charge in [-0.25, -0.2) is 0 Å². The molecule has 4 nitrogen and oxygen atoms in total. The zero-order valence-electron chi connectivity index (χ0n) is 13.3. The van der Waals surface area contributed by atoms with Gasteiger partial charge in [0.2, 0.25) is 0 Å². The highest BCUT2D eigenvalue weighted by Gasteiger charge is 2.22. The molecule has 1 fully saturated rings. The fraction of sp³-hybridized carbons (Fsp3) is 0.875. The van der Waals surface area contributed by atoms with Gasteiger partial charge in [-0.05, 0) is 44.6 Å². The highest BCUT2D eigenvalue weighted by Crippen LogP contribution is 2.30. The average molecular weight is 278 g/mol. The van der Waals surface area contributed by atoms with E-state index in [2.05, 4.69) is 35.5 Å². The Hall–Kier alpha value is -0.900. The lowest BCUT2D eigenvalue weighted by molar-refractivity contribution is 0.330. The third kappa shape index (κ3) is 3.81. The van der Waals surface area contributed by atoms with E-state index in [1.54, 1.807) is 0 Å². The van der Waals surface area contributed by atoms with Gasteiger partial charge in [0, 0.05) is 12.5 Å². The summed E-state index contributed by atoms with van der Waals surface area (Å²) in [5.41, 5.74) is 5.95. The lowest BCUT2D eigenvalue weighted by atomic mass is 9.92. The van der Waals surface area contributed by atoms with Crippen molar-refractivity contribution in [3.8, 4) is 0 Å². The van der Waals surface area contributed by atoms with Crippen LogP contribution in [0.25, 0.3) is 0 Å². The van der Waals surface area contributed by atoms with E-state index < -0.39 is 0 Å². The first-order chi connectivity index (χ1) is 9.61. The molecular formula is C16H30N4. The van der Waals surface area contributed by atoms with Crippen molar-refractivity contribution in [2.24, 2.45) is 17.6 Å². The van der Waals surface area contributed by atoms with Crippen LogP contribution in [0.2, 0.25) is 0 Å². The van der Waals surface area contributed by atoms with Crippen LogP contribution in [-0.4, -0.2) is 21.3 Å². The Morgan fingerprint density at radius 1 is 1.20 bits per heavy atom. The molecule has 0 spiro atoms. The van der Waals surface area contributed by atoms with Crippen molar-refractivity contribution < 1.29 is 0 Å². The minimum atomic E-state index is 0.529. The van der Waals surface area contributed by atoms with Crippen molar-refractivity contribution in [3.63, 3.8) is 0 Å². The molecule has 1 atom stereocenters. The number of nitrogens with zero attached hydrogens (tertiary/aromatic N) is 3. The van der Waals surface area contributed by atoms with Crippen molar-refractivity contribution in [2.45, 2.75) is 71.8 Å². The Morgan fingerprint density at radius 3 is 2.50 bits per heavy atom. The van der Waals surface area contributed by atoms with Crippen molar-refractivity contribution in [1.82, 2.24) is 14.8 Å². The summed E-state index contributed by atoms with van der Waals surface area (Å²) >= 11 is 0. The summed E-state index contributed by atoms with van der Waals surface area (Å²) in [5, 5.41) is 8.77. The van der Waals surface area contributed by atoms with E-state index >= 15 is 0 Å². The molecule has 114 valence electrons. The molecule has 1 aromatic heterocycles. The summed E-state index contributed by atoms with van der Waals surface area (Å²) in [6.07, 6.45) is 8.78. The molecule has 20 heavy (non-hydrogen) atoms. The van der Waals surface area contributed by atoms with Gasteiger partial charge in [-0.2, -0.15) is 0 Å². The van der Waals surface area contributed by atoms with Gasteiger partial charge in [-0.15, -0.1) is 10.2 Å². The van der Waals surface area contributed by atoms with Crippen LogP contribution in [0.15, 0.2) is 0 Å². The van der Waals surface area contributed by atoms with Gasteiger partial charge in [-0.1, -0.05) is 33.1 Å². The summed E-state index contributed by atoms with van der Waals surface area (Å²) in [6.45, 7) is 7.36. The zero-order valence-corrected chi connectivity index (χ0v) is 13.3. The molecule has 1 aliphatic rings. The second-order valence-electron chi connectivity index (χ2n) is 6.76. The predicted molar refractivity (Wildman–Crippen MR) is 82.6 cm³/mol. The fourth-order valence-electron chi connectivity index (χ4n) is 3.55. The molecule has 0 aliphatic heterocycles. The van der Waals surface area contributed by atoms with Crippen LogP contribution < -0.4 is 5.73 Å². The molecule has 1 aliphatic carbocycles. The normalized spacial score (nSPS) is 18.6. The number of aromatic nitrogens is 3. The van der Waals surface area contributed by atoms with Gasteiger partial charge >= 0.3 is 0 Å². The molecule has 1 heterocycles. The van der Waals surface area contributed by atoms with Gasteiger partial charge in [0.15, 0.2) is 0 Å². The molecule has 0 saturated heterocycles. The van der Waals surface area contributed by atoms with E-state index in [-0.39, 0.29) is 0 Å². The lowest BCUT2D eigenvalue weighted by Crippen LogP contribution is -2.23. The molecule has 1 saturated carbocycles. The molecule has 1 unspecified atom stereocenters. The van der Waals surface area contributed by atoms with Crippen molar-refractivity contribution in [1.29, 1.82) is 0 Å². The summed E-state index contributed by atoms with van der Waals surface area (Å²) in [5.74, 6) is 3.45. The second kappa shape index (κ2) is 7.21. The monoisotopic (exact) mass is 278 g/mol. The maximum atomic E-state index is 5.95. The molecular weight excluding hydrogens is 248 g/mol. The highest BCUT2D eigenvalue weighted by atomic mass is 15.3. The van der Waals surface area contributed by atoms with E-state index in [0.717, 1.165) is 24.6 Å². The van der Waals surface area contributed by atoms with Gasteiger partial charge in [-0.3, -0.25) is 0 Å². The third-order valence-electron chi connectivity index (χ3n) is 4.49.